The Morgan fingerprint density at radius 1 is 1.18 bits per heavy atom. The molecule has 0 aliphatic heterocycles. The number of hydrogen-bond donors (Lipinski definition) is 2. The number of hydrogen-bond acceptors (Lipinski definition) is 8. The smallest absolute Gasteiger partial charge is 0.304 e. The molecular formula is C23H23FN2O6S2. The van der Waals surface area contributed by atoms with Crippen LogP contribution >= 0.6 is 23.1 Å². The molecule has 3 aromatic rings. The zero-order valence-electron chi connectivity index (χ0n) is 18.4. The molecule has 1 aromatic heterocycles. The highest BCUT2D eigenvalue weighted by atomic mass is 32.2. The first-order chi connectivity index (χ1) is 16.3. The van der Waals surface area contributed by atoms with Crippen LogP contribution in [0.15, 0.2) is 52.9 Å². The van der Waals surface area contributed by atoms with Gasteiger partial charge >= 0.3 is 5.97 Å². The van der Waals surface area contributed by atoms with E-state index in [1.54, 1.807) is 31.5 Å². The van der Waals surface area contributed by atoms with E-state index >= 15 is 0 Å². The van der Waals surface area contributed by atoms with Crippen molar-refractivity contribution in [3.05, 3.63) is 60.0 Å². The minimum absolute atomic E-state index is 0.0371. The first kappa shape index (κ1) is 25.5. The van der Waals surface area contributed by atoms with Crippen LogP contribution in [0.25, 0.3) is 0 Å². The molecule has 0 bridgehead atoms. The molecule has 1 heterocycles. The minimum Gasteiger partial charge on any atom is -0.488 e. The standard InChI is InChI=1S/C23H23FN2O6S2/c1-14(13-30-2)31-18-9-15(10-19(11-18)32-17-5-3-16(24)4-6-17)22(29)26-23-25-12-21(34-23)33-8-7-20(27)28/h3-6,9-12,14H,7-8,13H2,1-2H3,(H,27,28)(H,25,26,29)/t14-/m0/s1. The van der Waals surface area contributed by atoms with Crippen LogP contribution < -0.4 is 14.8 Å². The van der Waals surface area contributed by atoms with Gasteiger partial charge in [0, 0.05) is 24.5 Å². The van der Waals surface area contributed by atoms with E-state index in [9.17, 15) is 14.0 Å². The number of anilines is 1. The summed E-state index contributed by atoms with van der Waals surface area (Å²) in [5.41, 5.74) is 0.273. The van der Waals surface area contributed by atoms with Gasteiger partial charge in [0.15, 0.2) is 5.13 Å². The summed E-state index contributed by atoms with van der Waals surface area (Å²) in [6.45, 7) is 2.18. The SMILES string of the molecule is COC[C@H](C)Oc1cc(Oc2ccc(F)cc2)cc(C(=O)Nc2ncc(SCCC(=O)O)s2)c1. The summed E-state index contributed by atoms with van der Waals surface area (Å²) in [6, 6.07) is 10.3. The number of carboxylic acids is 1. The number of nitrogens with one attached hydrogen (secondary N) is 1. The van der Waals surface area contributed by atoms with Crippen molar-refractivity contribution in [2.75, 3.05) is 24.8 Å². The number of ether oxygens (including phenoxy) is 3. The van der Waals surface area contributed by atoms with E-state index in [1.165, 1.54) is 47.4 Å². The van der Waals surface area contributed by atoms with Crippen molar-refractivity contribution in [1.29, 1.82) is 0 Å². The largest absolute Gasteiger partial charge is 0.488 e. The lowest BCUT2D eigenvalue weighted by Gasteiger charge is -2.16. The number of halogens is 1. The summed E-state index contributed by atoms with van der Waals surface area (Å²) < 4.78 is 30.8. The van der Waals surface area contributed by atoms with Gasteiger partial charge in [-0.15, -0.1) is 11.8 Å². The Balaban J connectivity index is 1.76. The zero-order chi connectivity index (χ0) is 24.5. The van der Waals surface area contributed by atoms with Crippen molar-refractivity contribution in [2.45, 2.75) is 23.7 Å². The Morgan fingerprint density at radius 3 is 2.62 bits per heavy atom. The average molecular weight is 507 g/mol. The molecule has 0 saturated heterocycles. The summed E-state index contributed by atoms with van der Waals surface area (Å²) in [6.07, 6.45) is 1.35. The number of nitrogens with zero attached hydrogens (tertiary/aromatic N) is 1. The Kier molecular flexibility index (Phi) is 9.25. The second-order valence-electron chi connectivity index (χ2n) is 7.06. The van der Waals surface area contributed by atoms with Crippen LogP contribution in [0, 0.1) is 5.82 Å². The molecule has 0 spiro atoms. The first-order valence-electron chi connectivity index (χ1n) is 10.2. The number of carbonyl (C=O) groups is 2. The van der Waals surface area contributed by atoms with E-state index in [0.29, 0.717) is 34.7 Å². The van der Waals surface area contributed by atoms with Gasteiger partial charge in [0.1, 0.15) is 29.2 Å². The molecule has 2 aromatic carbocycles. The van der Waals surface area contributed by atoms with E-state index in [2.05, 4.69) is 10.3 Å². The fraction of sp³-hybridized carbons (Fsp3) is 0.261. The summed E-state index contributed by atoms with van der Waals surface area (Å²) in [4.78, 5) is 27.8. The van der Waals surface area contributed by atoms with Crippen LogP contribution in [-0.2, 0) is 9.53 Å². The number of aliphatic carboxylic acids is 1. The number of thioether (sulfide) groups is 1. The second-order valence-corrected chi connectivity index (χ2v) is 9.49. The quantitative estimate of drug-likeness (QED) is 0.319. The summed E-state index contributed by atoms with van der Waals surface area (Å²) in [7, 11) is 1.56. The number of aromatic nitrogens is 1. The fourth-order valence-electron chi connectivity index (χ4n) is 2.76. The van der Waals surface area contributed by atoms with Crippen molar-refractivity contribution in [3.63, 3.8) is 0 Å². The lowest BCUT2D eigenvalue weighted by atomic mass is 10.2. The fourth-order valence-corrected chi connectivity index (χ4v) is 4.63. The highest BCUT2D eigenvalue weighted by Gasteiger charge is 2.15. The maximum atomic E-state index is 13.2. The monoisotopic (exact) mass is 506 g/mol. The number of benzene rings is 2. The van der Waals surface area contributed by atoms with Gasteiger partial charge in [-0.05, 0) is 43.3 Å². The highest BCUT2D eigenvalue weighted by molar-refractivity contribution is 8.01. The lowest BCUT2D eigenvalue weighted by Crippen LogP contribution is -2.18. The van der Waals surface area contributed by atoms with E-state index in [1.807, 2.05) is 6.92 Å². The number of carbonyl (C=O) groups excluding carboxylic acids is 1. The average Bonchev–Trinajstić information content (AvgIpc) is 3.22. The predicted octanol–water partition coefficient (Wildman–Crippen LogP) is 5.31. The molecule has 0 aliphatic carbocycles. The lowest BCUT2D eigenvalue weighted by molar-refractivity contribution is -0.136. The molecule has 34 heavy (non-hydrogen) atoms. The van der Waals surface area contributed by atoms with Crippen LogP contribution in [-0.4, -0.2) is 47.5 Å². The molecule has 11 heteroatoms. The van der Waals surface area contributed by atoms with Gasteiger partial charge in [0.05, 0.1) is 23.4 Å². The molecule has 1 amide bonds. The van der Waals surface area contributed by atoms with Crippen LogP contribution in [0.4, 0.5) is 9.52 Å². The molecule has 0 unspecified atom stereocenters. The van der Waals surface area contributed by atoms with Gasteiger partial charge in [0.25, 0.3) is 5.91 Å². The maximum absolute atomic E-state index is 13.2. The van der Waals surface area contributed by atoms with Gasteiger partial charge in [-0.25, -0.2) is 9.37 Å². The Labute approximate surface area is 204 Å². The number of methoxy groups -OCH3 is 1. The third-order valence-corrected chi connectivity index (χ3v) is 6.30. The third-order valence-electron chi connectivity index (χ3n) is 4.20. The van der Waals surface area contributed by atoms with Gasteiger partial charge < -0.3 is 19.3 Å². The van der Waals surface area contributed by atoms with Crippen LogP contribution in [0.5, 0.6) is 17.2 Å². The van der Waals surface area contributed by atoms with Crippen molar-refractivity contribution in [2.24, 2.45) is 0 Å². The normalized spacial score (nSPS) is 11.6. The number of carboxylic acid groups (broad SMARTS) is 1. The van der Waals surface area contributed by atoms with Gasteiger partial charge in [-0.3, -0.25) is 14.9 Å². The topological polar surface area (TPSA) is 107 Å². The van der Waals surface area contributed by atoms with Gasteiger partial charge in [-0.2, -0.15) is 0 Å². The molecule has 1 atom stereocenters. The Bertz CT molecular complexity index is 1120. The zero-order valence-corrected chi connectivity index (χ0v) is 20.1. The molecule has 180 valence electrons. The van der Waals surface area contributed by atoms with E-state index in [-0.39, 0.29) is 23.9 Å². The molecule has 2 N–H and O–H groups in total. The molecule has 0 radical (unpaired) electrons. The Hall–Kier alpha value is -3.15. The minimum atomic E-state index is -0.869. The highest BCUT2D eigenvalue weighted by Crippen LogP contribution is 2.31. The summed E-state index contributed by atoms with van der Waals surface area (Å²) in [5.74, 6) is -0.133. The molecule has 3 rings (SSSR count). The van der Waals surface area contributed by atoms with Crippen LogP contribution in [0.3, 0.4) is 0 Å². The first-order valence-corrected chi connectivity index (χ1v) is 12.0. The molecular weight excluding hydrogens is 483 g/mol. The number of rotatable bonds is 12. The predicted molar refractivity (Wildman–Crippen MR) is 128 cm³/mol. The van der Waals surface area contributed by atoms with E-state index in [4.69, 9.17) is 19.3 Å². The Morgan fingerprint density at radius 2 is 1.91 bits per heavy atom. The molecule has 0 fully saturated rings. The van der Waals surface area contributed by atoms with Crippen molar-refractivity contribution in [3.8, 4) is 17.2 Å². The van der Waals surface area contributed by atoms with Gasteiger partial charge in [0.2, 0.25) is 0 Å². The number of thiazole rings is 1. The van der Waals surface area contributed by atoms with Crippen molar-refractivity contribution in [1.82, 2.24) is 4.98 Å². The molecule has 8 nitrogen and oxygen atoms in total. The molecule has 0 aliphatic rings. The van der Waals surface area contributed by atoms with Crippen molar-refractivity contribution < 1.29 is 33.3 Å². The van der Waals surface area contributed by atoms with Crippen molar-refractivity contribution >= 4 is 40.1 Å². The molecule has 0 saturated carbocycles. The van der Waals surface area contributed by atoms with E-state index < -0.39 is 11.9 Å². The third kappa shape index (κ3) is 8.01. The number of amides is 1. The maximum Gasteiger partial charge on any atom is 0.304 e. The van der Waals surface area contributed by atoms with Crippen LogP contribution in [0.1, 0.15) is 23.7 Å². The summed E-state index contributed by atoms with van der Waals surface area (Å²) >= 11 is 2.61. The second kappa shape index (κ2) is 12.4. The van der Waals surface area contributed by atoms with Gasteiger partial charge in [-0.1, -0.05) is 11.3 Å². The van der Waals surface area contributed by atoms with E-state index in [0.717, 1.165) is 4.21 Å². The summed E-state index contributed by atoms with van der Waals surface area (Å²) in [5, 5.41) is 11.9. The van der Waals surface area contributed by atoms with Crippen LogP contribution in [0.2, 0.25) is 0 Å².